The highest BCUT2D eigenvalue weighted by Gasteiger charge is 2.06. The second-order valence-corrected chi connectivity index (χ2v) is 3.44. The summed E-state index contributed by atoms with van der Waals surface area (Å²) in [7, 11) is 0. The van der Waals surface area contributed by atoms with Gasteiger partial charge in [0.05, 0.1) is 0 Å². The van der Waals surface area contributed by atoms with Crippen molar-refractivity contribution in [2.45, 2.75) is 12.5 Å². The molecule has 0 aliphatic carbocycles. The molecule has 2 aromatic rings. The van der Waals surface area contributed by atoms with Crippen molar-refractivity contribution in [2.75, 3.05) is 0 Å². The number of rotatable bonds is 3. The van der Waals surface area contributed by atoms with Crippen LogP contribution in [0.4, 0.5) is 0 Å². The van der Waals surface area contributed by atoms with E-state index in [1.807, 2.05) is 18.2 Å². The van der Waals surface area contributed by atoms with Crippen molar-refractivity contribution >= 4 is 10.9 Å². The maximum Gasteiger partial charge on any atom is 0.0482 e. The third-order valence-corrected chi connectivity index (χ3v) is 2.37. The van der Waals surface area contributed by atoms with Gasteiger partial charge in [-0.1, -0.05) is 24.3 Å². The first-order valence-electron chi connectivity index (χ1n) is 4.75. The van der Waals surface area contributed by atoms with E-state index >= 15 is 0 Å². The summed E-state index contributed by atoms with van der Waals surface area (Å²) < 4.78 is 0. The maximum absolute atomic E-state index is 5.97. The summed E-state index contributed by atoms with van der Waals surface area (Å²) in [6, 6.07) is 10.3. The third kappa shape index (κ3) is 1.56. The Labute approximate surface area is 83.4 Å². The van der Waals surface area contributed by atoms with E-state index < -0.39 is 0 Å². The summed E-state index contributed by atoms with van der Waals surface area (Å²) in [5.74, 6) is 0. The van der Waals surface area contributed by atoms with Gasteiger partial charge in [-0.2, -0.15) is 0 Å². The van der Waals surface area contributed by atoms with E-state index in [0.29, 0.717) is 0 Å². The van der Waals surface area contributed by atoms with Crippen molar-refractivity contribution < 1.29 is 0 Å². The number of aromatic amines is 1. The van der Waals surface area contributed by atoms with Gasteiger partial charge in [0.15, 0.2) is 0 Å². The van der Waals surface area contributed by atoms with Gasteiger partial charge >= 0.3 is 0 Å². The molecule has 1 atom stereocenters. The van der Waals surface area contributed by atoms with Gasteiger partial charge in [0.25, 0.3) is 0 Å². The van der Waals surface area contributed by atoms with Gasteiger partial charge < -0.3 is 10.7 Å². The molecular formula is C12H14N2. The van der Waals surface area contributed by atoms with Crippen LogP contribution in [0.5, 0.6) is 0 Å². The number of nitrogens with one attached hydrogen (secondary N) is 1. The van der Waals surface area contributed by atoms with Crippen LogP contribution in [0, 0.1) is 0 Å². The van der Waals surface area contributed by atoms with Gasteiger partial charge in [-0.15, -0.1) is 6.58 Å². The molecule has 0 spiro atoms. The number of aromatic nitrogens is 1. The minimum absolute atomic E-state index is 0.0277. The van der Waals surface area contributed by atoms with Crippen LogP contribution in [0.15, 0.2) is 43.0 Å². The van der Waals surface area contributed by atoms with Crippen molar-refractivity contribution in [3.8, 4) is 0 Å². The normalized spacial score (nSPS) is 12.9. The van der Waals surface area contributed by atoms with E-state index in [1.165, 1.54) is 5.39 Å². The van der Waals surface area contributed by atoms with Gasteiger partial charge in [0.1, 0.15) is 0 Å². The lowest BCUT2D eigenvalue weighted by atomic mass is 10.1. The molecule has 1 aromatic carbocycles. The summed E-state index contributed by atoms with van der Waals surface area (Å²) in [4.78, 5) is 3.31. The van der Waals surface area contributed by atoms with Gasteiger partial charge in [0, 0.05) is 17.3 Å². The molecule has 0 unspecified atom stereocenters. The third-order valence-electron chi connectivity index (χ3n) is 2.37. The number of hydrogen-bond acceptors (Lipinski definition) is 1. The summed E-state index contributed by atoms with van der Waals surface area (Å²) in [6.45, 7) is 3.69. The zero-order valence-corrected chi connectivity index (χ0v) is 8.03. The Morgan fingerprint density at radius 2 is 2.21 bits per heavy atom. The van der Waals surface area contributed by atoms with Crippen molar-refractivity contribution in [3.63, 3.8) is 0 Å². The molecule has 0 fully saturated rings. The van der Waals surface area contributed by atoms with Crippen molar-refractivity contribution in [1.29, 1.82) is 0 Å². The predicted octanol–water partition coefficient (Wildman–Crippen LogP) is 2.74. The van der Waals surface area contributed by atoms with E-state index in [9.17, 15) is 0 Å². The van der Waals surface area contributed by atoms with E-state index in [4.69, 9.17) is 5.73 Å². The van der Waals surface area contributed by atoms with Crippen LogP contribution >= 0.6 is 0 Å². The summed E-state index contributed by atoms with van der Waals surface area (Å²) in [6.07, 6.45) is 2.64. The van der Waals surface area contributed by atoms with E-state index in [1.54, 1.807) is 0 Å². The van der Waals surface area contributed by atoms with Crippen LogP contribution in [0.1, 0.15) is 18.2 Å². The van der Waals surface area contributed by atoms with Gasteiger partial charge in [0.2, 0.25) is 0 Å². The number of hydrogen-bond donors (Lipinski definition) is 2. The number of para-hydroxylation sites is 1. The summed E-state index contributed by atoms with van der Waals surface area (Å²) >= 11 is 0. The minimum Gasteiger partial charge on any atom is -0.357 e. The lowest BCUT2D eigenvalue weighted by Gasteiger charge is -2.04. The molecule has 0 saturated carbocycles. The van der Waals surface area contributed by atoms with Crippen molar-refractivity contribution in [1.82, 2.24) is 4.98 Å². The van der Waals surface area contributed by atoms with Crippen LogP contribution in [-0.2, 0) is 0 Å². The number of nitrogens with two attached hydrogens (primary N) is 1. The molecule has 0 radical (unpaired) electrons. The van der Waals surface area contributed by atoms with Crippen LogP contribution in [0.3, 0.4) is 0 Å². The fraction of sp³-hybridized carbons (Fsp3) is 0.167. The van der Waals surface area contributed by atoms with E-state index in [-0.39, 0.29) is 6.04 Å². The molecular weight excluding hydrogens is 172 g/mol. The Morgan fingerprint density at radius 3 is 2.93 bits per heavy atom. The first-order valence-corrected chi connectivity index (χ1v) is 4.75. The van der Waals surface area contributed by atoms with Crippen LogP contribution in [0.25, 0.3) is 10.9 Å². The average molecular weight is 186 g/mol. The van der Waals surface area contributed by atoms with Crippen LogP contribution in [0.2, 0.25) is 0 Å². The second kappa shape index (κ2) is 3.68. The first kappa shape index (κ1) is 9.03. The topological polar surface area (TPSA) is 41.8 Å². The molecule has 3 N–H and O–H groups in total. The van der Waals surface area contributed by atoms with E-state index in [2.05, 4.69) is 29.8 Å². The SMILES string of the molecule is C=CC[C@H](N)c1cc2ccccc2[nH]1. The summed E-state index contributed by atoms with van der Waals surface area (Å²) in [5, 5.41) is 1.21. The van der Waals surface area contributed by atoms with Crippen molar-refractivity contribution in [3.05, 3.63) is 48.7 Å². The Bertz CT molecular complexity index is 409. The Kier molecular flexibility index (Phi) is 2.37. The number of fused-ring (bicyclic) bond motifs is 1. The van der Waals surface area contributed by atoms with Gasteiger partial charge in [-0.3, -0.25) is 0 Å². The molecule has 2 nitrogen and oxygen atoms in total. The Balaban J connectivity index is 2.39. The van der Waals surface area contributed by atoms with Gasteiger partial charge in [-0.25, -0.2) is 0 Å². The first-order chi connectivity index (χ1) is 6.81. The quantitative estimate of drug-likeness (QED) is 0.711. The molecule has 0 aliphatic rings. The highest BCUT2D eigenvalue weighted by atomic mass is 14.8. The van der Waals surface area contributed by atoms with E-state index in [0.717, 1.165) is 17.6 Å². The zero-order chi connectivity index (χ0) is 9.97. The molecule has 14 heavy (non-hydrogen) atoms. The molecule has 1 heterocycles. The van der Waals surface area contributed by atoms with Crippen molar-refractivity contribution in [2.24, 2.45) is 5.73 Å². The number of H-pyrrole nitrogens is 1. The molecule has 72 valence electrons. The molecule has 0 bridgehead atoms. The largest absolute Gasteiger partial charge is 0.357 e. The Morgan fingerprint density at radius 1 is 1.43 bits per heavy atom. The zero-order valence-electron chi connectivity index (χ0n) is 8.03. The monoisotopic (exact) mass is 186 g/mol. The highest BCUT2D eigenvalue weighted by molar-refractivity contribution is 5.80. The maximum atomic E-state index is 5.97. The fourth-order valence-corrected chi connectivity index (χ4v) is 1.60. The average Bonchev–Trinajstić information content (AvgIpc) is 2.61. The molecule has 0 amide bonds. The standard InChI is InChI=1S/C12H14N2/c1-2-5-10(13)12-8-9-6-3-4-7-11(9)14-12/h2-4,6-8,10,14H,1,5,13H2/t10-/m0/s1. The molecule has 2 rings (SSSR count). The van der Waals surface area contributed by atoms with Crippen LogP contribution in [-0.4, -0.2) is 4.98 Å². The second-order valence-electron chi connectivity index (χ2n) is 3.44. The van der Waals surface area contributed by atoms with Gasteiger partial charge in [-0.05, 0) is 23.9 Å². The fourth-order valence-electron chi connectivity index (χ4n) is 1.60. The molecule has 2 heteroatoms. The molecule has 1 aromatic heterocycles. The predicted molar refractivity (Wildman–Crippen MR) is 60.0 cm³/mol. The molecule has 0 aliphatic heterocycles. The lowest BCUT2D eigenvalue weighted by Crippen LogP contribution is -2.08. The molecule has 0 saturated heterocycles. The lowest BCUT2D eigenvalue weighted by molar-refractivity contribution is 0.722. The summed E-state index contributed by atoms with van der Waals surface area (Å²) in [5.41, 5.74) is 8.18. The van der Waals surface area contributed by atoms with Crippen LogP contribution < -0.4 is 5.73 Å². The smallest absolute Gasteiger partial charge is 0.0482 e. The Hall–Kier alpha value is -1.54. The highest BCUT2D eigenvalue weighted by Crippen LogP contribution is 2.20. The number of benzene rings is 1. The minimum atomic E-state index is 0.0277.